The van der Waals surface area contributed by atoms with Gasteiger partial charge in [-0.2, -0.15) is 13.2 Å². The Kier molecular flexibility index (Phi) is 6.57. The fraction of sp³-hybridized carbons (Fsp3) is 0.375. The highest BCUT2D eigenvalue weighted by Gasteiger charge is 2.38. The van der Waals surface area contributed by atoms with E-state index in [9.17, 15) is 27.9 Å². The number of benzene rings is 1. The molecule has 13 heteroatoms. The van der Waals surface area contributed by atoms with Crippen LogP contribution < -0.4 is 16.0 Å². The lowest BCUT2D eigenvalue weighted by molar-refractivity contribution is -0.140. The summed E-state index contributed by atoms with van der Waals surface area (Å²) in [6.45, 7) is 3.69. The van der Waals surface area contributed by atoms with Crippen LogP contribution >= 0.6 is 0 Å². The number of fused-ring (bicyclic) bond motifs is 1. The molecule has 1 saturated heterocycles. The van der Waals surface area contributed by atoms with Gasteiger partial charge in [-0.3, -0.25) is 4.79 Å². The zero-order valence-electron chi connectivity index (χ0n) is 20.6. The smallest absolute Gasteiger partial charge is 0.416 e. The molecule has 0 saturated carbocycles. The third-order valence-corrected chi connectivity index (χ3v) is 6.15. The van der Waals surface area contributed by atoms with Crippen LogP contribution in [0.4, 0.5) is 30.5 Å². The predicted octanol–water partition coefficient (Wildman–Crippen LogP) is 3.47. The van der Waals surface area contributed by atoms with Gasteiger partial charge in [0.1, 0.15) is 23.5 Å². The number of hydrogen-bond donors (Lipinski definition) is 3. The number of aryl methyl sites for hydroxylation is 1. The Bertz CT molecular complexity index is 1390. The molecule has 2 aromatic heterocycles. The molecule has 0 radical (unpaired) electrons. The third kappa shape index (κ3) is 5.06. The van der Waals surface area contributed by atoms with E-state index in [0.717, 1.165) is 12.1 Å². The maximum absolute atomic E-state index is 13.3. The number of nitrogens with two attached hydrogens (primary N) is 1. The van der Waals surface area contributed by atoms with Gasteiger partial charge in [0.15, 0.2) is 5.65 Å². The van der Waals surface area contributed by atoms with Crippen molar-refractivity contribution in [2.24, 2.45) is 0 Å². The van der Waals surface area contributed by atoms with E-state index in [-0.39, 0.29) is 34.1 Å². The second-order valence-corrected chi connectivity index (χ2v) is 9.14. The van der Waals surface area contributed by atoms with E-state index in [1.165, 1.54) is 21.9 Å². The average molecular weight is 518 g/mol. The molecule has 196 valence electrons. The quantitative estimate of drug-likeness (QED) is 0.420. The number of nitrogens with zero attached hydrogens (tertiary/aromatic N) is 5. The van der Waals surface area contributed by atoms with E-state index in [2.05, 4.69) is 20.3 Å². The van der Waals surface area contributed by atoms with Crippen LogP contribution in [-0.2, 0) is 11.0 Å². The summed E-state index contributed by atoms with van der Waals surface area (Å²) in [6, 6.07) is 3.39. The molecule has 1 amide bonds. The first-order chi connectivity index (χ1) is 17.3. The van der Waals surface area contributed by atoms with E-state index in [1.807, 2.05) is 0 Å². The molecule has 0 bridgehead atoms. The molecule has 0 spiro atoms. The molecule has 0 aliphatic carbocycles. The van der Waals surface area contributed by atoms with Gasteiger partial charge in [-0.05, 0) is 50.1 Å². The summed E-state index contributed by atoms with van der Waals surface area (Å²) in [6.07, 6.45) is -4.15. The minimum atomic E-state index is -4.56. The molecular weight excluding hydrogens is 491 g/mol. The van der Waals surface area contributed by atoms with Crippen LogP contribution in [0.3, 0.4) is 0 Å². The molecule has 3 heterocycles. The van der Waals surface area contributed by atoms with Crippen LogP contribution in [0.1, 0.15) is 46.7 Å². The molecule has 1 fully saturated rings. The molecule has 1 aliphatic heterocycles. The first kappa shape index (κ1) is 25.9. The van der Waals surface area contributed by atoms with Crippen molar-refractivity contribution in [2.75, 3.05) is 36.6 Å². The van der Waals surface area contributed by atoms with Crippen LogP contribution in [0.2, 0.25) is 0 Å². The van der Waals surface area contributed by atoms with Crippen molar-refractivity contribution in [1.29, 1.82) is 0 Å². The Morgan fingerprint density at radius 1 is 1.19 bits per heavy atom. The fourth-order valence-corrected chi connectivity index (χ4v) is 4.16. The summed E-state index contributed by atoms with van der Waals surface area (Å²) in [5.41, 5.74) is 5.49. The van der Waals surface area contributed by atoms with Gasteiger partial charge < -0.3 is 26.0 Å². The van der Waals surface area contributed by atoms with Gasteiger partial charge >= 0.3 is 12.1 Å². The summed E-state index contributed by atoms with van der Waals surface area (Å²) < 4.78 is 40.0. The molecule has 37 heavy (non-hydrogen) atoms. The number of pyridine rings is 1. The van der Waals surface area contributed by atoms with Crippen molar-refractivity contribution >= 4 is 40.2 Å². The third-order valence-electron chi connectivity index (χ3n) is 6.15. The van der Waals surface area contributed by atoms with Gasteiger partial charge in [-0.25, -0.2) is 19.7 Å². The van der Waals surface area contributed by atoms with Gasteiger partial charge in [0.05, 0.1) is 22.6 Å². The molecule has 0 unspecified atom stereocenters. The predicted molar refractivity (Wildman–Crippen MR) is 131 cm³/mol. The molecule has 4 N–H and O–H groups in total. The van der Waals surface area contributed by atoms with Crippen molar-refractivity contribution in [1.82, 2.24) is 19.9 Å². The number of rotatable bonds is 6. The number of hydrogen-bond acceptors (Lipinski definition) is 8. The van der Waals surface area contributed by atoms with Crippen molar-refractivity contribution in [2.45, 2.75) is 38.5 Å². The maximum atomic E-state index is 13.3. The van der Waals surface area contributed by atoms with Crippen molar-refractivity contribution in [3.05, 3.63) is 46.8 Å². The molecule has 4 rings (SSSR count). The largest absolute Gasteiger partial charge is 0.480 e. The minimum Gasteiger partial charge on any atom is -0.480 e. The monoisotopic (exact) mass is 517 g/mol. The highest BCUT2D eigenvalue weighted by atomic mass is 19.4. The number of carbonyl (C=O) groups is 2. The molecule has 3 aromatic rings. The number of aromatic nitrogens is 3. The zero-order chi connectivity index (χ0) is 27.2. The lowest BCUT2D eigenvalue weighted by Crippen LogP contribution is -2.53. The normalized spacial score (nSPS) is 16.3. The van der Waals surface area contributed by atoms with Crippen LogP contribution in [0.15, 0.2) is 24.3 Å². The second kappa shape index (κ2) is 9.37. The van der Waals surface area contributed by atoms with E-state index < -0.39 is 35.7 Å². The summed E-state index contributed by atoms with van der Waals surface area (Å²) in [5, 5.41) is 13.0. The number of nitrogens with one attached hydrogen (secondary N) is 1. The number of halogens is 3. The van der Waals surface area contributed by atoms with Gasteiger partial charge in [-0.15, -0.1) is 0 Å². The summed E-state index contributed by atoms with van der Waals surface area (Å²) in [5.74, 6) is -0.629. The van der Waals surface area contributed by atoms with Crippen molar-refractivity contribution in [3.8, 4) is 0 Å². The lowest BCUT2D eigenvalue weighted by atomic mass is 10.0. The first-order valence-electron chi connectivity index (χ1n) is 11.4. The highest BCUT2D eigenvalue weighted by Crippen LogP contribution is 2.35. The van der Waals surface area contributed by atoms with Crippen molar-refractivity contribution < 1.29 is 27.9 Å². The van der Waals surface area contributed by atoms with Gasteiger partial charge in [-0.1, -0.05) is 0 Å². The topological polar surface area (TPSA) is 138 Å². The zero-order valence-corrected chi connectivity index (χ0v) is 20.6. The van der Waals surface area contributed by atoms with Crippen molar-refractivity contribution in [3.63, 3.8) is 0 Å². The van der Waals surface area contributed by atoms with Crippen LogP contribution in [0.5, 0.6) is 0 Å². The van der Waals surface area contributed by atoms with Gasteiger partial charge in [0, 0.05) is 26.3 Å². The van der Waals surface area contributed by atoms with Gasteiger partial charge in [0.2, 0.25) is 0 Å². The molecule has 1 aliphatic rings. The lowest BCUT2D eigenvalue weighted by Gasteiger charge is -2.40. The number of carboxylic acids is 1. The summed E-state index contributed by atoms with van der Waals surface area (Å²) in [7, 11) is 3.12. The highest BCUT2D eigenvalue weighted by molar-refractivity contribution is 6.04. The Morgan fingerprint density at radius 2 is 1.89 bits per heavy atom. The first-order valence-corrected chi connectivity index (χ1v) is 11.4. The number of carbonyl (C=O) groups excluding carboxylic acids is 1. The van der Waals surface area contributed by atoms with E-state index in [1.54, 1.807) is 27.9 Å². The Labute approximate surface area is 210 Å². The summed E-state index contributed by atoms with van der Waals surface area (Å²) in [4.78, 5) is 40.9. The molecule has 10 nitrogen and oxygen atoms in total. The minimum absolute atomic E-state index is 0.0325. The van der Waals surface area contributed by atoms with E-state index >= 15 is 0 Å². The van der Waals surface area contributed by atoms with E-state index in [4.69, 9.17) is 5.73 Å². The Balaban J connectivity index is 1.81. The maximum Gasteiger partial charge on any atom is 0.416 e. The average Bonchev–Trinajstić information content (AvgIpc) is 2.75. The van der Waals surface area contributed by atoms with E-state index in [0.29, 0.717) is 24.2 Å². The van der Waals surface area contributed by atoms with Crippen LogP contribution in [-0.4, -0.2) is 63.5 Å². The number of alkyl halides is 3. The molecule has 1 aromatic carbocycles. The fourth-order valence-electron chi connectivity index (χ4n) is 4.16. The van der Waals surface area contributed by atoms with Crippen LogP contribution in [0.25, 0.3) is 11.0 Å². The molecular formula is C24H26F3N7O3. The number of anilines is 3. The summed E-state index contributed by atoms with van der Waals surface area (Å²) >= 11 is 0. The molecule has 2 atom stereocenters. The number of nitrogen functional groups attached to an aromatic ring is 1. The van der Waals surface area contributed by atoms with Crippen LogP contribution in [0, 0.1) is 6.92 Å². The standard InChI is InChI=1S/C24H26F3N7O3/c1-11(13-7-14(24(25,26)27)9-15(28)8-13)29-19-16-10-17(22(35)33(3)4)21(32-20(16)31-12(2)30-19)34-6-5-18(34)23(36)37/h7-11,18H,5-6,28H2,1-4H3,(H,36,37)(H,29,30,31,32)/t11-,18-/m1/s1. The Hall–Kier alpha value is -4.16. The number of aliphatic carboxylic acids is 1. The SMILES string of the molecule is Cc1nc(N[C@H](C)c2cc(N)cc(C(F)(F)F)c2)c2cc(C(=O)N(C)C)c(N3CC[C@@H]3C(=O)O)nc2n1. The number of carboxylic acid groups (broad SMARTS) is 1. The Morgan fingerprint density at radius 3 is 2.46 bits per heavy atom. The second-order valence-electron chi connectivity index (χ2n) is 9.14. The van der Waals surface area contributed by atoms with Gasteiger partial charge in [0.25, 0.3) is 5.91 Å². The number of amides is 1.